The average Bonchev–Trinajstić information content (AvgIpc) is 2.39. The fourth-order valence-electron chi connectivity index (χ4n) is 2.61. The van der Waals surface area contributed by atoms with Gasteiger partial charge in [-0.1, -0.05) is 0 Å². The first kappa shape index (κ1) is 12.6. The van der Waals surface area contributed by atoms with E-state index in [4.69, 9.17) is 4.74 Å². The number of aromatic nitrogens is 2. The summed E-state index contributed by atoms with van der Waals surface area (Å²) in [6.45, 7) is 9.16. The van der Waals surface area contributed by atoms with Crippen molar-refractivity contribution in [1.29, 1.82) is 0 Å². The lowest BCUT2D eigenvalue weighted by Gasteiger charge is -2.46. The zero-order chi connectivity index (χ0) is 13.1. The van der Waals surface area contributed by atoms with Gasteiger partial charge in [-0.3, -0.25) is 4.90 Å². The normalized spacial score (nSPS) is 21.2. The third kappa shape index (κ3) is 2.79. The summed E-state index contributed by atoms with van der Waals surface area (Å²) < 4.78 is 5.41. The maximum Gasteiger partial charge on any atom is 0.228 e. The van der Waals surface area contributed by atoms with E-state index in [1.54, 1.807) is 12.3 Å². The molecule has 2 aliphatic rings. The molecule has 2 saturated heterocycles. The van der Waals surface area contributed by atoms with Gasteiger partial charge >= 0.3 is 0 Å². The third-order valence-corrected chi connectivity index (χ3v) is 3.72. The maximum absolute atomic E-state index is 5.41. The van der Waals surface area contributed by atoms with Crippen LogP contribution in [0.5, 0.6) is 5.88 Å². The van der Waals surface area contributed by atoms with E-state index in [0.29, 0.717) is 18.5 Å². The van der Waals surface area contributed by atoms with E-state index in [2.05, 4.69) is 25.1 Å². The maximum atomic E-state index is 5.41. The smallest absolute Gasteiger partial charge is 0.228 e. The van der Waals surface area contributed by atoms with Crippen LogP contribution in [0.3, 0.4) is 0 Å². The molecule has 0 atom stereocenters. The standard InChI is InChI=1S/C13H21N5O/c1-2-19-12-3-4-15-13(16-12)18-9-11(10-18)17-7-5-14-6-8-17/h3-4,11,14H,2,5-10H2,1H3. The van der Waals surface area contributed by atoms with Crippen molar-refractivity contribution in [2.24, 2.45) is 0 Å². The molecule has 6 nitrogen and oxygen atoms in total. The van der Waals surface area contributed by atoms with Crippen molar-refractivity contribution in [3.8, 4) is 5.88 Å². The van der Waals surface area contributed by atoms with Crippen molar-refractivity contribution in [3.05, 3.63) is 12.3 Å². The molecule has 6 heteroatoms. The lowest BCUT2D eigenvalue weighted by atomic mass is 10.1. The number of rotatable bonds is 4. The average molecular weight is 263 g/mol. The molecule has 19 heavy (non-hydrogen) atoms. The Morgan fingerprint density at radius 2 is 2.16 bits per heavy atom. The second kappa shape index (κ2) is 5.71. The molecule has 2 fully saturated rings. The minimum atomic E-state index is 0.639. The number of hydrogen-bond donors (Lipinski definition) is 1. The first-order valence-electron chi connectivity index (χ1n) is 7.02. The fraction of sp³-hybridized carbons (Fsp3) is 0.692. The highest BCUT2D eigenvalue weighted by atomic mass is 16.5. The largest absolute Gasteiger partial charge is 0.478 e. The van der Waals surface area contributed by atoms with Crippen molar-refractivity contribution in [3.63, 3.8) is 0 Å². The molecular formula is C13H21N5O. The molecule has 0 aromatic carbocycles. The van der Waals surface area contributed by atoms with Gasteiger partial charge in [0, 0.05) is 57.6 Å². The lowest BCUT2D eigenvalue weighted by Crippen LogP contribution is -2.63. The Morgan fingerprint density at radius 1 is 1.37 bits per heavy atom. The van der Waals surface area contributed by atoms with Gasteiger partial charge in [-0.2, -0.15) is 4.98 Å². The molecule has 104 valence electrons. The van der Waals surface area contributed by atoms with Crippen molar-refractivity contribution in [2.75, 3.05) is 50.8 Å². The van der Waals surface area contributed by atoms with Gasteiger partial charge in [-0.25, -0.2) is 4.98 Å². The third-order valence-electron chi connectivity index (χ3n) is 3.72. The van der Waals surface area contributed by atoms with E-state index in [-0.39, 0.29) is 0 Å². The zero-order valence-electron chi connectivity index (χ0n) is 11.4. The first-order chi connectivity index (χ1) is 9.36. The summed E-state index contributed by atoms with van der Waals surface area (Å²) in [5, 5.41) is 3.39. The highest BCUT2D eigenvalue weighted by Crippen LogP contribution is 2.21. The van der Waals surface area contributed by atoms with E-state index < -0.39 is 0 Å². The number of anilines is 1. The summed E-state index contributed by atoms with van der Waals surface area (Å²) in [6, 6.07) is 2.46. The molecule has 0 radical (unpaired) electrons. The molecule has 3 heterocycles. The summed E-state index contributed by atoms with van der Waals surface area (Å²) in [7, 11) is 0. The highest BCUT2D eigenvalue weighted by molar-refractivity contribution is 5.37. The molecule has 0 spiro atoms. The van der Waals surface area contributed by atoms with Crippen molar-refractivity contribution in [1.82, 2.24) is 20.2 Å². The summed E-state index contributed by atoms with van der Waals surface area (Å²) in [4.78, 5) is 13.5. The van der Waals surface area contributed by atoms with Gasteiger partial charge in [0.1, 0.15) is 0 Å². The van der Waals surface area contributed by atoms with Crippen LogP contribution < -0.4 is 15.0 Å². The summed E-state index contributed by atoms with van der Waals surface area (Å²) in [5.74, 6) is 1.45. The van der Waals surface area contributed by atoms with E-state index in [9.17, 15) is 0 Å². The Kier molecular flexibility index (Phi) is 3.79. The molecule has 2 aliphatic heterocycles. The monoisotopic (exact) mass is 263 g/mol. The second-order valence-electron chi connectivity index (χ2n) is 4.97. The number of ether oxygens (including phenoxy) is 1. The molecule has 1 aromatic rings. The molecular weight excluding hydrogens is 242 g/mol. The molecule has 3 rings (SSSR count). The zero-order valence-corrected chi connectivity index (χ0v) is 11.4. The quantitative estimate of drug-likeness (QED) is 0.823. The Morgan fingerprint density at radius 3 is 2.89 bits per heavy atom. The van der Waals surface area contributed by atoms with Crippen LogP contribution in [0.4, 0.5) is 5.95 Å². The van der Waals surface area contributed by atoms with Crippen LogP contribution in [-0.2, 0) is 0 Å². The molecule has 0 amide bonds. The molecule has 1 N–H and O–H groups in total. The molecule has 1 aromatic heterocycles. The van der Waals surface area contributed by atoms with Crippen molar-refractivity contribution < 1.29 is 4.74 Å². The first-order valence-corrected chi connectivity index (χ1v) is 7.02. The summed E-state index contributed by atoms with van der Waals surface area (Å²) in [5.41, 5.74) is 0. The summed E-state index contributed by atoms with van der Waals surface area (Å²) in [6.07, 6.45) is 1.77. The molecule has 0 bridgehead atoms. The van der Waals surface area contributed by atoms with Gasteiger partial charge in [-0.15, -0.1) is 0 Å². The number of nitrogens with one attached hydrogen (secondary N) is 1. The fourth-order valence-corrected chi connectivity index (χ4v) is 2.61. The van der Waals surface area contributed by atoms with Crippen LogP contribution in [0, 0.1) is 0 Å². The van der Waals surface area contributed by atoms with E-state index in [1.807, 2.05) is 6.92 Å². The molecule has 0 aliphatic carbocycles. The van der Waals surface area contributed by atoms with Crippen LogP contribution in [0.25, 0.3) is 0 Å². The van der Waals surface area contributed by atoms with Crippen molar-refractivity contribution in [2.45, 2.75) is 13.0 Å². The van der Waals surface area contributed by atoms with Gasteiger partial charge in [0.05, 0.1) is 6.61 Å². The van der Waals surface area contributed by atoms with Gasteiger partial charge < -0.3 is 15.0 Å². The van der Waals surface area contributed by atoms with Crippen LogP contribution >= 0.6 is 0 Å². The van der Waals surface area contributed by atoms with Crippen LogP contribution in [0.1, 0.15) is 6.92 Å². The van der Waals surface area contributed by atoms with Crippen LogP contribution in [-0.4, -0.2) is 66.8 Å². The van der Waals surface area contributed by atoms with E-state index in [1.165, 1.54) is 0 Å². The minimum absolute atomic E-state index is 0.639. The van der Waals surface area contributed by atoms with Gasteiger partial charge in [0.25, 0.3) is 0 Å². The number of piperazine rings is 1. The number of hydrogen-bond acceptors (Lipinski definition) is 6. The second-order valence-corrected chi connectivity index (χ2v) is 4.97. The molecule has 0 unspecified atom stereocenters. The highest BCUT2D eigenvalue weighted by Gasteiger charge is 2.33. The Balaban J connectivity index is 1.56. The van der Waals surface area contributed by atoms with E-state index in [0.717, 1.165) is 45.2 Å². The van der Waals surface area contributed by atoms with Gasteiger partial charge in [0.2, 0.25) is 11.8 Å². The van der Waals surface area contributed by atoms with Crippen LogP contribution in [0.15, 0.2) is 12.3 Å². The lowest BCUT2D eigenvalue weighted by molar-refractivity contribution is 0.146. The predicted octanol–water partition coefficient (Wildman–Crippen LogP) is -0.0309. The number of nitrogens with zero attached hydrogens (tertiary/aromatic N) is 4. The topological polar surface area (TPSA) is 53.5 Å². The Hall–Kier alpha value is -1.40. The molecule has 0 saturated carbocycles. The van der Waals surface area contributed by atoms with Gasteiger partial charge in [-0.05, 0) is 6.92 Å². The van der Waals surface area contributed by atoms with E-state index >= 15 is 0 Å². The predicted molar refractivity (Wildman–Crippen MR) is 73.6 cm³/mol. The van der Waals surface area contributed by atoms with Crippen molar-refractivity contribution >= 4 is 5.95 Å². The van der Waals surface area contributed by atoms with Crippen LogP contribution in [0.2, 0.25) is 0 Å². The Bertz CT molecular complexity index is 415. The summed E-state index contributed by atoms with van der Waals surface area (Å²) >= 11 is 0. The SMILES string of the molecule is CCOc1ccnc(N2CC(N3CCNCC3)C2)n1. The minimum Gasteiger partial charge on any atom is -0.478 e. The van der Waals surface area contributed by atoms with Gasteiger partial charge in [0.15, 0.2) is 0 Å². The Labute approximate surface area is 113 Å².